The van der Waals surface area contributed by atoms with Crippen molar-refractivity contribution in [1.82, 2.24) is 9.88 Å². The number of hydrogen-bond acceptors (Lipinski definition) is 4. The van der Waals surface area contributed by atoms with Gasteiger partial charge in [-0.2, -0.15) is 0 Å². The van der Waals surface area contributed by atoms with Gasteiger partial charge in [0.2, 0.25) is 0 Å². The maximum absolute atomic E-state index is 4.72. The molecule has 1 aromatic heterocycles. The minimum Gasteiger partial charge on any atom is -0.370 e. The first kappa shape index (κ1) is 14.1. The predicted octanol–water partition coefficient (Wildman–Crippen LogP) is 2.43. The van der Waals surface area contributed by atoms with Gasteiger partial charge in [-0.1, -0.05) is 13.0 Å². The first-order valence-electron chi connectivity index (χ1n) is 7.33. The van der Waals surface area contributed by atoms with E-state index in [0.717, 1.165) is 37.7 Å². The summed E-state index contributed by atoms with van der Waals surface area (Å²) in [5.74, 6) is 2.10. The van der Waals surface area contributed by atoms with Crippen LogP contribution in [0.4, 0.5) is 11.6 Å². The zero-order valence-corrected chi connectivity index (χ0v) is 12.4. The zero-order chi connectivity index (χ0) is 13.7. The van der Waals surface area contributed by atoms with E-state index in [1.54, 1.807) is 0 Å². The number of likely N-dealkylation sites (N-methyl/N-ethyl adjacent to an activating group) is 1. The highest BCUT2D eigenvalue weighted by Crippen LogP contribution is 2.21. The van der Waals surface area contributed by atoms with Crippen molar-refractivity contribution in [3.8, 4) is 0 Å². The Bertz CT molecular complexity index is 391. The number of nitrogens with zero attached hydrogens (tertiary/aromatic N) is 3. The highest BCUT2D eigenvalue weighted by molar-refractivity contribution is 5.47. The largest absolute Gasteiger partial charge is 0.370 e. The normalized spacial score (nSPS) is 19.8. The van der Waals surface area contributed by atoms with Crippen LogP contribution >= 0.6 is 0 Å². The molecule has 1 aliphatic heterocycles. The highest BCUT2D eigenvalue weighted by atomic mass is 15.2. The molecule has 0 bridgehead atoms. The summed E-state index contributed by atoms with van der Waals surface area (Å²) in [6.07, 6.45) is 3.66. The lowest BCUT2D eigenvalue weighted by Crippen LogP contribution is -2.45. The average molecular weight is 262 g/mol. The molecule has 0 amide bonds. The van der Waals surface area contributed by atoms with Gasteiger partial charge in [0.25, 0.3) is 0 Å². The van der Waals surface area contributed by atoms with E-state index in [-0.39, 0.29) is 0 Å². The number of hydrogen-bond donors (Lipinski definition) is 1. The van der Waals surface area contributed by atoms with Crippen LogP contribution < -0.4 is 10.2 Å². The summed E-state index contributed by atoms with van der Waals surface area (Å²) >= 11 is 0. The lowest BCUT2D eigenvalue weighted by molar-refractivity contribution is 0.257. The Labute approximate surface area is 116 Å². The second kappa shape index (κ2) is 6.75. The number of anilines is 2. The van der Waals surface area contributed by atoms with Gasteiger partial charge in [0.15, 0.2) is 0 Å². The topological polar surface area (TPSA) is 31.4 Å². The van der Waals surface area contributed by atoms with Gasteiger partial charge >= 0.3 is 0 Å². The van der Waals surface area contributed by atoms with Crippen LogP contribution in [-0.4, -0.2) is 49.7 Å². The number of aromatic nitrogens is 1. The molecule has 4 heteroatoms. The van der Waals surface area contributed by atoms with Crippen molar-refractivity contribution in [3.05, 3.63) is 18.2 Å². The number of piperidine rings is 1. The van der Waals surface area contributed by atoms with E-state index >= 15 is 0 Å². The van der Waals surface area contributed by atoms with Gasteiger partial charge in [-0.3, -0.25) is 0 Å². The molecule has 4 nitrogen and oxygen atoms in total. The second-order valence-electron chi connectivity index (χ2n) is 5.51. The van der Waals surface area contributed by atoms with Gasteiger partial charge in [-0.15, -0.1) is 0 Å². The third-order valence-corrected chi connectivity index (χ3v) is 3.74. The molecular weight excluding hydrogens is 236 g/mol. The van der Waals surface area contributed by atoms with Crippen molar-refractivity contribution in [2.45, 2.75) is 32.2 Å². The van der Waals surface area contributed by atoms with E-state index in [1.807, 2.05) is 6.07 Å². The summed E-state index contributed by atoms with van der Waals surface area (Å²) in [6.45, 7) is 5.35. The van der Waals surface area contributed by atoms with Crippen LogP contribution in [0.2, 0.25) is 0 Å². The summed E-state index contributed by atoms with van der Waals surface area (Å²) in [7, 11) is 4.33. The number of nitrogens with one attached hydrogen (secondary N) is 1. The monoisotopic (exact) mass is 262 g/mol. The van der Waals surface area contributed by atoms with Crippen LogP contribution in [0.5, 0.6) is 0 Å². The Hall–Kier alpha value is -1.29. The SMILES string of the molecule is CCCNc1cccc(N2CCCC(N(C)C)C2)n1. The fraction of sp³-hybridized carbons (Fsp3) is 0.667. The fourth-order valence-corrected chi connectivity index (χ4v) is 2.54. The van der Waals surface area contributed by atoms with Crippen molar-refractivity contribution in [3.63, 3.8) is 0 Å². The molecule has 106 valence electrons. The van der Waals surface area contributed by atoms with Crippen LogP contribution in [0, 0.1) is 0 Å². The summed E-state index contributed by atoms with van der Waals surface area (Å²) in [5, 5.41) is 3.36. The molecule has 1 saturated heterocycles. The molecule has 1 fully saturated rings. The molecular formula is C15H26N4. The van der Waals surface area contributed by atoms with Gasteiger partial charge in [0.1, 0.15) is 11.6 Å². The molecule has 1 aliphatic rings. The number of pyridine rings is 1. The van der Waals surface area contributed by atoms with Crippen molar-refractivity contribution in [2.75, 3.05) is 43.9 Å². The minimum absolute atomic E-state index is 0.641. The Morgan fingerprint density at radius 1 is 1.42 bits per heavy atom. The molecule has 0 radical (unpaired) electrons. The highest BCUT2D eigenvalue weighted by Gasteiger charge is 2.22. The maximum atomic E-state index is 4.72. The van der Waals surface area contributed by atoms with Gasteiger partial charge in [-0.25, -0.2) is 4.98 Å². The summed E-state index contributed by atoms with van der Waals surface area (Å²) < 4.78 is 0. The standard InChI is InChI=1S/C15H26N4/c1-4-10-16-14-8-5-9-15(17-14)19-11-6-7-13(12-19)18(2)3/h5,8-9,13H,4,6-7,10-12H2,1-3H3,(H,16,17). The molecule has 2 heterocycles. The van der Waals surface area contributed by atoms with Crippen molar-refractivity contribution >= 4 is 11.6 Å². The van der Waals surface area contributed by atoms with Crippen LogP contribution in [0.15, 0.2) is 18.2 Å². The molecule has 1 aromatic rings. The third kappa shape index (κ3) is 3.83. The Morgan fingerprint density at radius 2 is 2.26 bits per heavy atom. The molecule has 0 aromatic carbocycles. The lowest BCUT2D eigenvalue weighted by atomic mass is 10.1. The van der Waals surface area contributed by atoms with Crippen LogP contribution in [0.3, 0.4) is 0 Å². The molecule has 0 saturated carbocycles. The van der Waals surface area contributed by atoms with Gasteiger partial charge in [0.05, 0.1) is 0 Å². The zero-order valence-electron chi connectivity index (χ0n) is 12.4. The molecule has 1 atom stereocenters. The van der Waals surface area contributed by atoms with E-state index in [1.165, 1.54) is 12.8 Å². The van der Waals surface area contributed by atoms with Crippen LogP contribution in [0.1, 0.15) is 26.2 Å². The van der Waals surface area contributed by atoms with E-state index in [2.05, 4.69) is 48.3 Å². The number of rotatable bonds is 5. The summed E-state index contributed by atoms with van der Waals surface area (Å²) in [5.41, 5.74) is 0. The Kier molecular flexibility index (Phi) is 5.02. The van der Waals surface area contributed by atoms with E-state index in [9.17, 15) is 0 Å². The smallest absolute Gasteiger partial charge is 0.131 e. The van der Waals surface area contributed by atoms with E-state index in [0.29, 0.717) is 6.04 Å². The van der Waals surface area contributed by atoms with Crippen LogP contribution in [-0.2, 0) is 0 Å². The first-order chi connectivity index (χ1) is 9.20. The molecule has 19 heavy (non-hydrogen) atoms. The van der Waals surface area contributed by atoms with Gasteiger partial charge in [-0.05, 0) is 45.5 Å². The Morgan fingerprint density at radius 3 is 3.00 bits per heavy atom. The molecule has 0 spiro atoms. The maximum Gasteiger partial charge on any atom is 0.131 e. The quantitative estimate of drug-likeness (QED) is 0.883. The summed E-state index contributed by atoms with van der Waals surface area (Å²) in [4.78, 5) is 9.46. The predicted molar refractivity (Wildman–Crippen MR) is 81.9 cm³/mol. The van der Waals surface area contributed by atoms with Crippen molar-refractivity contribution in [1.29, 1.82) is 0 Å². The van der Waals surface area contributed by atoms with Crippen LogP contribution in [0.25, 0.3) is 0 Å². The van der Waals surface area contributed by atoms with Gasteiger partial charge in [0, 0.05) is 25.7 Å². The lowest BCUT2D eigenvalue weighted by Gasteiger charge is -2.36. The summed E-state index contributed by atoms with van der Waals surface area (Å²) in [6, 6.07) is 6.91. The minimum atomic E-state index is 0.641. The molecule has 2 rings (SSSR count). The fourth-order valence-electron chi connectivity index (χ4n) is 2.54. The van der Waals surface area contributed by atoms with E-state index in [4.69, 9.17) is 4.98 Å². The van der Waals surface area contributed by atoms with Crippen molar-refractivity contribution < 1.29 is 0 Å². The van der Waals surface area contributed by atoms with Crippen molar-refractivity contribution in [2.24, 2.45) is 0 Å². The molecule has 1 unspecified atom stereocenters. The molecule has 0 aliphatic carbocycles. The second-order valence-corrected chi connectivity index (χ2v) is 5.51. The first-order valence-corrected chi connectivity index (χ1v) is 7.33. The average Bonchev–Trinajstić information content (AvgIpc) is 2.45. The third-order valence-electron chi connectivity index (χ3n) is 3.74. The molecule has 1 N–H and O–H groups in total. The Balaban J connectivity index is 2.04. The van der Waals surface area contributed by atoms with Gasteiger partial charge < -0.3 is 15.1 Å². The van der Waals surface area contributed by atoms with E-state index < -0.39 is 0 Å².